The summed E-state index contributed by atoms with van der Waals surface area (Å²) in [5, 5.41) is 3.81. The Morgan fingerprint density at radius 2 is 1.85 bits per heavy atom. The number of ether oxygens (including phenoxy) is 1. The lowest BCUT2D eigenvalue weighted by Crippen LogP contribution is -2.31. The van der Waals surface area contributed by atoms with Gasteiger partial charge >= 0.3 is 5.97 Å². The number of carbonyl (C=O) groups is 1. The molecule has 142 valence electrons. The molecule has 0 unspecified atom stereocenters. The average molecular weight is 380 g/mol. The van der Waals surface area contributed by atoms with Gasteiger partial charge in [-0.1, -0.05) is 25.1 Å². The fourth-order valence-electron chi connectivity index (χ4n) is 2.64. The first kappa shape index (κ1) is 20.1. The van der Waals surface area contributed by atoms with Gasteiger partial charge in [0.25, 0.3) is 0 Å². The van der Waals surface area contributed by atoms with Crippen LogP contribution in [-0.2, 0) is 21.4 Å². The molecule has 1 heterocycles. The normalized spacial score (nSPS) is 11.8. The second kappa shape index (κ2) is 8.01. The van der Waals surface area contributed by atoms with Crippen LogP contribution in [0.2, 0.25) is 0 Å². The maximum atomic E-state index is 12.8. The quantitative estimate of drug-likeness (QED) is 0.686. The van der Waals surface area contributed by atoms with E-state index in [2.05, 4.69) is 5.16 Å². The number of carbonyl (C=O) groups excluding carboxylic acids is 1. The highest BCUT2D eigenvalue weighted by Crippen LogP contribution is 2.22. The summed E-state index contributed by atoms with van der Waals surface area (Å²) in [6.07, 6.45) is 0. The number of aryl methyl sites for hydroxylation is 3. The van der Waals surface area contributed by atoms with E-state index in [-0.39, 0.29) is 17.1 Å². The molecular weight excluding hydrogens is 356 g/mol. The molecule has 0 fully saturated rings. The van der Waals surface area contributed by atoms with Crippen LogP contribution in [0.15, 0.2) is 27.6 Å². The van der Waals surface area contributed by atoms with Gasteiger partial charge in [-0.25, -0.2) is 13.2 Å². The molecule has 8 heteroatoms. The highest BCUT2D eigenvalue weighted by Gasteiger charge is 2.25. The van der Waals surface area contributed by atoms with E-state index in [1.165, 1.54) is 10.4 Å². The van der Waals surface area contributed by atoms with Crippen molar-refractivity contribution in [2.24, 2.45) is 0 Å². The highest BCUT2D eigenvalue weighted by molar-refractivity contribution is 7.89. The summed E-state index contributed by atoms with van der Waals surface area (Å²) in [4.78, 5) is 12.5. The molecule has 0 saturated carbocycles. The molecule has 26 heavy (non-hydrogen) atoms. The van der Waals surface area contributed by atoms with Gasteiger partial charge in [-0.3, -0.25) is 0 Å². The van der Waals surface area contributed by atoms with E-state index in [4.69, 9.17) is 9.26 Å². The summed E-state index contributed by atoms with van der Waals surface area (Å²) in [5.74, 6) is -0.00926. The van der Waals surface area contributed by atoms with Crippen molar-refractivity contribution in [1.29, 1.82) is 0 Å². The lowest BCUT2D eigenvalue weighted by molar-refractivity contribution is 0.0470. The first-order chi connectivity index (χ1) is 12.2. The summed E-state index contributed by atoms with van der Waals surface area (Å²) in [6, 6.07) is 4.55. The number of esters is 1. The molecule has 7 nitrogen and oxygen atoms in total. The molecule has 0 amide bonds. The Morgan fingerprint density at radius 3 is 2.38 bits per heavy atom. The highest BCUT2D eigenvalue weighted by atomic mass is 32.2. The Bertz CT molecular complexity index is 879. The van der Waals surface area contributed by atoms with Crippen molar-refractivity contribution in [3.8, 4) is 0 Å². The summed E-state index contributed by atoms with van der Waals surface area (Å²) in [5.41, 5.74) is 2.14. The zero-order valence-corrected chi connectivity index (χ0v) is 16.5. The largest absolute Gasteiger partial charge is 0.457 e. The third kappa shape index (κ3) is 3.96. The Labute approximate surface area is 154 Å². The SMILES string of the molecule is CCN(CC)S(=O)(=O)c1cc(C(=O)OCc2c(C)noc2C)ccc1C. The van der Waals surface area contributed by atoms with Gasteiger partial charge in [0.15, 0.2) is 0 Å². The summed E-state index contributed by atoms with van der Waals surface area (Å²) >= 11 is 0. The van der Waals surface area contributed by atoms with Crippen molar-refractivity contribution in [3.05, 3.63) is 46.3 Å². The number of benzene rings is 1. The van der Waals surface area contributed by atoms with Crippen molar-refractivity contribution < 1.29 is 22.5 Å². The second-order valence-corrected chi connectivity index (χ2v) is 7.85. The molecular formula is C18H24N2O5S. The molecule has 0 aliphatic rings. The van der Waals surface area contributed by atoms with Gasteiger partial charge in [-0.05, 0) is 38.5 Å². The van der Waals surface area contributed by atoms with Crippen LogP contribution in [0.1, 0.15) is 46.8 Å². The van der Waals surface area contributed by atoms with Crippen molar-refractivity contribution in [3.63, 3.8) is 0 Å². The number of hydrogen-bond acceptors (Lipinski definition) is 6. The minimum absolute atomic E-state index is 0.0198. The number of rotatable bonds is 7. The van der Waals surface area contributed by atoms with E-state index < -0.39 is 16.0 Å². The standard InChI is InChI=1S/C18H24N2O5S/c1-6-20(7-2)26(22,23)17-10-15(9-8-12(17)3)18(21)24-11-16-13(4)19-25-14(16)5/h8-10H,6-7,11H2,1-5H3. The molecule has 2 aromatic rings. The van der Waals surface area contributed by atoms with E-state index in [0.29, 0.717) is 35.7 Å². The monoisotopic (exact) mass is 380 g/mol. The van der Waals surface area contributed by atoms with Crippen LogP contribution in [0.3, 0.4) is 0 Å². The van der Waals surface area contributed by atoms with E-state index >= 15 is 0 Å². The molecule has 0 bridgehead atoms. The molecule has 0 saturated heterocycles. The molecule has 0 aliphatic heterocycles. The Balaban J connectivity index is 2.27. The smallest absolute Gasteiger partial charge is 0.338 e. The maximum absolute atomic E-state index is 12.8. The molecule has 0 aliphatic carbocycles. The molecule has 0 spiro atoms. The lowest BCUT2D eigenvalue weighted by atomic mass is 10.1. The van der Waals surface area contributed by atoms with Crippen molar-refractivity contribution in [2.45, 2.75) is 46.1 Å². The van der Waals surface area contributed by atoms with Gasteiger partial charge < -0.3 is 9.26 Å². The van der Waals surface area contributed by atoms with Crippen LogP contribution in [0.25, 0.3) is 0 Å². The number of nitrogens with zero attached hydrogens (tertiary/aromatic N) is 2. The van der Waals surface area contributed by atoms with Crippen LogP contribution in [0.5, 0.6) is 0 Å². The zero-order valence-electron chi connectivity index (χ0n) is 15.7. The van der Waals surface area contributed by atoms with Gasteiger partial charge in [0.2, 0.25) is 10.0 Å². The lowest BCUT2D eigenvalue weighted by Gasteiger charge is -2.20. The van der Waals surface area contributed by atoms with Crippen LogP contribution >= 0.6 is 0 Å². The van der Waals surface area contributed by atoms with E-state index in [1.54, 1.807) is 46.8 Å². The third-order valence-corrected chi connectivity index (χ3v) is 6.47. The third-order valence-electron chi connectivity index (χ3n) is 4.28. The zero-order chi connectivity index (χ0) is 19.5. The Morgan fingerprint density at radius 1 is 1.19 bits per heavy atom. The van der Waals surface area contributed by atoms with Crippen LogP contribution in [0.4, 0.5) is 0 Å². The van der Waals surface area contributed by atoms with Crippen molar-refractivity contribution in [1.82, 2.24) is 9.46 Å². The summed E-state index contributed by atoms with van der Waals surface area (Å²) in [6.45, 7) is 9.50. The molecule has 0 radical (unpaired) electrons. The Hall–Kier alpha value is -2.19. The topological polar surface area (TPSA) is 89.7 Å². The van der Waals surface area contributed by atoms with Gasteiger partial charge in [-0.15, -0.1) is 0 Å². The molecule has 0 N–H and O–H groups in total. The molecule has 0 atom stereocenters. The molecule has 1 aromatic carbocycles. The van der Waals surface area contributed by atoms with Gasteiger partial charge in [0, 0.05) is 13.1 Å². The number of hydrogen-bond donors (Lipinski definition) is 0. The molecule has 1 aromatic heterocycles. The maximum Gasteiger partial charge on any atom is 0.338 e. The van der Waals surface area contributed by atoms with Crippen LogP contribution < -0.4 is 0 Å². The van der Waals surface area contributed by atoms with Gasteiger partial charge in [0.05, 0.1) is 21.7 Å². The van der Waals surface area contributed by atoms with Crippen LogP contribution in [0, 0.1) is 20.8 Å². The first-order valence-electron chi connectivity index (χ1n) is 8.42. The van der Waals surface area contributed by atoms with Crippen molar-refractivity contribution in [2.75, 3.05) is 13.1 Å². The minimum Gasteiger partial charge on any atom is -0.457 e. The Kier molecular flexibility index (Phi) is 6.20. The molecule has 2 rings (SSSR count). The van der Waals surface area contributed by atoms with E-state index in [9.17, 15) is 13.2 Å². The predicted molar refractivity (Wildman–Crippen MR) is 96.4 cm³/mol. The van der Waals surface area contributed by atoms with Crippen LogP contribution in [-0.4, -0.2) is 36.9 Å². The summed E-state index contributed by atoms with van der Waals surface area (Å²) in [7, 11) is -3.66. The van der Waals surface area contributed by atoms with Gasteiger partial charge in [-0.2, -0.15) is 4.31 Å². The number of sulfonamides is 1. The fraction of sp³-hybridized carbons (Fsp3) is 0.444. The van der Waals surface area contributed by atoms with E-state index in [1.807, 2.05) is 0 Å². The first-order valence-corrected chi connectivity index (χ1v) is 9.86. The van der Waals surface area contributed by atoms with E-state index in [0.717, 1.165) is 0 Å². The second-order valence-electron chi connectivity index (χ2n) is 5.95. The van der Waals surface area contributed by atoms with Gasteiger partial charge in [0.1, 0.15) is 12.4 Å². The predicted octanol–water partition coefficient (Wildman–Crippen LogP) is 2.99. The van der Waals surface area contributed by atoms with Crippen molar-refractivity contribution >= 4 is 16.0 Å². The fourth-order valence-corrected chi connectivity index (χ4v) is 4.35. The summed E-state index contributed by atoms with van der Waals surface area (Å²) < 4.78 is 37.3. The number of aromatic nitrogens is 1. The average Bonchev–Trinajstić information content (AvgIpc) is 2.92. The minimum atomic E-state index is -3.66.